The lowest BCUT2D eigenvalue weighted by Gasteiger charge is -2.14. The maximum Gasteiger partial charge on any atom is 0.337 e. The molecule has 4 nitrogen and oxygen atoms in total. The predicted octanol–water partition coefficient (Wildman–Crippen LogP) is 0.0743. The zero-order valence-electron chi connectivity index (χ0n) is 6.46. The van der Waals surface area contributed by atoms with Crippen LogP contribution in [0.1, 0.15) is 13.8 Å². The number of hydrogen-bond donors (Lipinski definition) is 1. The van der Waals surface area contributed by atoms with Gasteiger partial charge in [0.15, 0.2) is 6.10 Å². The normalized spacial score (nSPS) is 13.3. The van der Waals surface area contributed by atoms with Gasteiger partial charge in [0.05, 0.1) is 7.11 Å². The van der Waals surface area contributed by atoms with E-state index in [-0.39, 0.29) is 5.92 Å². The maximum absolute atomic E-state index is 10.8. The number of ether oxygens (including phenoxy) is 1. The van der Waals surface area contributed by atoms with Crippen LogP contribution < -0.4 is 5.90 Å². The molecule has 4 heteroatoms. The largest absolute Gasteiger partial charge is 0.467 e. The molecule has 1 atom stereocenters. The Kier molecular flexibility index (Phi) is 3.99. The number of rotatable bonds is 3. The standard InChI is InChI=1S/C6H13NO3/c1-4(2)5(10-7)6(8)9-3/h4-5H,7H2,1-3H3/t5-/m1/s1. The Bertz CT molecular complexity index is 114. The van der Waals surface area contributed by atoms with Crippen molar-refractivity contribution >= 4 is 5.97 Å². The zero-order chi connectivity index (χ0) is 8.15. The van der Waals surface area contributed by atoms with E-state index in [2.05, 4.69) is 9.57 Å². The first-order valence-electron chi connectivity index (χ1n) is 3.06. The summed E-state index contributed by atoms with van der Waals surface area (Å²) in [6.07, 6.45) is -0.648. The number of nitrogens with two attached hydrogens (primary N) is 1. The van der Waals surface area contributed by atoms with Crippen LogP contribution in [-0.2, 0) is 14.4 Å². The van der Waals surface area contributed by atoms with Gasteiger partial charge in [0.25, 0.3) is 0 Å². The SMILES string of the molecule is COC(=O)[C@H](ON)C(C)C. The second-order valence-corrected chi connectivity index (χ2v) is 2.32. The molecule has 0 radical (unpaired) electrons. The van der Waals surface area contributed by atoms with E-state index >= 15 is 0 Å². The summed E-state index contributed by atoms with van der Waals surface area (Å²) in [6, 6.07) is 0. The Morgan fingerprint density at radius 3 is 2.10 bits per heavy atom. The fourth-order valence-corrected chi connectivity index (χ4v) is 0.601. The van der Waals surface area contributed by atoms with Crippen LogP contribution >= 0.6 is 0 Å². The van der Waals surface area contributed by atoms with E-state index in [9.17, 15) is 4.79 Å². The average molecular weight is 147 g/mol. The monoisotopic (exact) mass is 147 g/mol. The summed E-state index contributed by atoms with van der Waals surface area (Å²) in [6.45, 7) is 3.66. The summed E-state index contributed by atoms with van der Waals surface area (Å²) in [5, 5.41) is 0. The highest BCUT2D eigenvalue weighted by atomic mass is 16.6. The lowest BCUT2D eigenvalue weighted by molar-refractivity contribution is -0.157. The molecule has 0 aliphatic heterocycles. The Balaban J connectivity index is 3.93. The molecule has 0 bridgehead atoms. The van der Waals surface area contributed by atoms with Crippen molar-refractivity contribution in [2.45, 2.75) is 20.0 Å². The van der Waals surface area contributed by atoms with Gasteiger partial charge in [-0.2, -0.15) is 0 Å². The molecule has 0 aromatic carbocycles. The fraction of sp³-hybridized carbons (Fsp3) is 0.833. The summed E-state index contributed by atoms with van der Waals surface area (Å²) in [5.74, 6) is 4.46. The first-order chi connectivity index (χ1) is 4.63. The lowest BCUT2D eigenvalue weighted by Crippen LogP contribution is -2.33. The molecule has 0 rings (SSSR count). The molecule has 0 saturated heterocycles. The van der Waals surface area contributed by atoms with Gasteiger partial charge in [-0.3, -0.25) is 4.84 Å². The molecule has 10 heavy (non-hydrogen) atoms. The van der Waals surface area contributed by atoms with E-state index in [0.717, 1.165) is 0 Å². The van der Waals surface area contributed by atoms with Crippen molar-refractivity contribution in [3.8, 4) is 0 Å². The van der Waals surface area contributed by atoms with Crippen molar-refractivity contribution in [3.63, 3.8) is 0 Å². The maximum atomic E-state index is 10.8. The van der Waals surface area contributed by atoms with Crippen molar-refractivity contribution in [2.24, 2.45) is 11.8 Å². The van der Waals surface area contributed by atoms with Crippen LogP contribution in [0.4, 0.5) is 0 Å². The van der Waals surface area contributed by atoms with Crippen LogP contribution in [0.15, 0.2) is 0 Å². The van der Waals surface area contributed by atoms with Gasteiger partial charge < -0.3 is 4.74 Å². The number of methoxy groups -OCH3 is 1. The minimum atomic E-state index is -0.648. The van der Waals surface area contributed by atoms with Crippen molar-refractivity contribution in [1.82, 2.24) is 0 Å². The highest BCUT2D eigenvalue weighted by molar-refractivity contribution is 5.74. The van der Waals surface area contributed by atoms with Crippen molar-refractivity contribution in [1.29, 1.82) is 0 Å². The topological polar surface area (TPSA) is 61.5 Å². The summed E-state index contributed by atoms with van der Waals surface area (Å²) >= 11 is 0. The van der Waals surface area contributed by atoms with Crippen LogP contribution in [-0.4, -0.2) is 19.2 Å². The predicted molar refractivity (Wildman–Crippen MR) is 35.9 cm³/mol. The fourth-order valence-electron chi connectivity index (χ4n) is 0.601. The Labute approximate surface area is 60.2 Å². The first-order valence-corrected chi connectivity index (χ1v) is 3.06. The smallest absolute Gasteiger partial charge is 0.337 e. The van der Waals surface area contributed by atoms with Crippen LogP contribution in [0.3, 0.4) is 0 Å². The summed E-state index contributed by atoms with van der Waals surface area (Å²) < 4.78 is 4.42. The second kappa shape index (κ2) is 4.24. The van der Waals surface area contributed by atoms with E-state index < -0.39 is 12.1 Å². The molecule has 0 spiro atoms. The van der Waals surface area contributed by atoms with Crippen molar-refractivity contribution < 1.29 is 14.4 Å². The summed E-state index contributed by atoms with van der Waals surface area (Å²) in [5.41, 5.74) is 0. The number of esters is 1. The van der Waals surface area contributed by atoms with E-state index in [4.69, 9.17) is 5.90 Å². The number of carbonyl (C=O) groups is 1. The highest BCUT2D eigenvalue weighted by Gasteiger charge is 2.22. The van der Waals surface area contributed by atoms with E-state index in [1.165, 1.54) is 7.11 Å². The molecule has 0 aromatic heterocycles. The van der Waals surface area contributed by atoms with Crippen LogP contribution in [0.25, 0.3) is 0 Å². The van der Waals surface area contributed by atoms with Gasteiger partial charge in [0.1, 0.15) is 0 Å². The van der Waals surface area contributed by atoms with Gasteiger partial charge in [0.2, 0.25) is 0 Å². The summed E-state index contributed by atoms with van der Waals surface area (Å²) in [4.78, 5) is 15.1. The minimum absolute atomic E-state index is 0.0393. The Morgan fingerprint density at radius 2 is 2.00 bits per heavy atom. The molecule has 0 aliphatic carbocycles. The van der Waals surface area contributed by atoms with Crippen LogP contribution in [0.2, 0.25) is 0 Å². The van der Waals surface area contributed by atoms with Gasteiger partial charge in [0, 0.05) is 0 Å². The minimum Gasteiger partial charge on any atom is -0.467 e. The third kappa shape index (κ3) is 2.33. The molecule has 0 aromatic rings. The van der Waals surface area contributed by atoms with E-state index in [1.807, 2.05) is 13.8 Å². The van der Waals surface area contributed by atoms with Crippen molar-refractivity contribution in [2.75, 3.05) is 7.11 Å². The van der Waals surface area contributed by atoms with Gasteiger partial charge >= 0.3 is 5.97 Å². The van der Waals surface area contributed by atoms with E-state index in [1.54, 1.807) is 0 Å². The van der Waals surface area contributed by atoms with Crippen molar-refractivity contribution in [3.05, 3.63) is 0 Å². The molecule has 0 unspecified atom stereocenters. The number of carbonyl (C=O) groups excluding carboxylic acids is 1. The molecule has 60 valence electrons. The zero-order valence-corrected chi connectivity index (χ0v) is 6.46. The van der Waals surface area contributed by atoms with Gasteiger partial charge in [-0.25, -0.2) is 10.7 Å². The molecule has 0 heterocycles. The Morgan fingerprint density at radius 1 is 1.50 bits per heavy atom. The first kappa shape index (κ1) is 9.39. The third-order valence-corrected chi connectivity index (χ3v) is 1.19. The molecule has 0 aliphatic rings. The highest BCUT2D eigenvalue weighted by Crippen LogP contribution is 2.05. The molecule has 0 saturated carbocycles. The van der Waals surface area contributed by atoms with Gasteiger partial charge in [-0.05, 0) is 5.92 Å². The lowest BCUT2D eigenvalue weighted by atomic mass is 10.1. The van der Waals surface area contributed by atoms with Gasteiger partial charge in [-0.1, -0.05) is 13.8 Å². The second-order valence-electron chi connectivity index (χ2n) is 2.32. The summed E-state index contributed by atoms with van der Waals surface area (Å²) in [7, 11) is 1.30. The van der Waals surface area contributed by atoms with Crippen LogP contribution in [0.5, 0.6) is 0 Å². The molecule has 0 fully saturated rings. The molecule has 2 N–H and O–H groups in total. The average Bonchev–Trinajstić information content (AvgIpc) is 1.88. The molecular weight excluding hydrogens is 134 g/mol. The number of hydrogen-bond acceptors (Lipinski definition) is 4. The Hall–Kier alpha value is -0.610. The third-order valence-electron chi connectivity index (χ3n) is 1.19. The quantitative estimate of drug-likeness (QED) is 0.453. The molecular formula is C6H13NO3. The van der Waals surface area contributed by atoms with Crippen LogP contribution in [0, 0.1) is 5.92 Å². The van der Waals surface area contributed by atoms with Gasteiger partial charge in [-0.15, -0.1) is 0 Å². The molecule has 0 amide bonds. The van der Waals surface area contributed by atoms with E-state index in [0.29, 0.717) is 0 Å².